The zero-order valence-electron chi connectivity index (χ0n) is 14.9. The molecule has 0 bridgehead atoms. The average molecular weight is 337 g/mol. The van der Waals surface area contributed by atoms with E-state index in [9.17, 15) is 4.79 Å². The van der Waals surface area contributed by atoms with Crippen molar-refractivity contribution in [2.45, 2.75) is 50.5 Å². The molecule has 2 aliphatic carbocycles. The monoisotopic (exact) mass is 337 g/mol. The normalized spacial score (nSPS) is 28.5. The minimum Gasteiger partial charge on any atom is -0.353 e. The predicted octanol–water partition coefficient (Wildman–Crippen LogP) is 3.44. The third-order valence-corrected chi connectivity index (χ3v) is 5.86. The Morgan fingerprint density at radius 1 is 1.24 bits per heavy atom. The van der Waals surface area contributed by atoms with E-state index in [1.165, 1.54) is 30.4 Å². The van der Waals surface area contributed by atoms with Crippen LogP contribution in [-0.2, 0) is 18.3 Å². The van der Waals surface area contributed by atoms with Crippen molar-refractivity contribution in [1.82, 2.24) is 15.1 Å². The molecule has 25 heavy (non-hydrogen) atoms. The Hall–Kier alpha value is -2.10. The Bertz CT molecular complexity index is 724. The molecule has 0 saturated heterocycles. The quantitative estimate of drug-likeness (QED) is 0.908. The molecule has 4 heteroatoms. The number of hydrogen-bond acceptors (Lipinski definition) is 2. The standard InChI is InChI=1S/C21H27N3O/c1-24-14-17(13-22-24)18-12-19(18)21(25)23-20-10-6-5-9-16(20)11-15-7-3-2-4-8-15/h2-4,7-8,13-14,16,18-20H,5-6,9-12H2,1H3,(H,23,25)/t16-,18-,19-,20-/m0/s1. The molecule has 0 spiro atoms. The zero-order valence-corrected chi connectivity index (χ0v) is 14.9. The number of nitrogens with zero attached hydrogens (tertiary/aromatic N) is 2. The lowest BCUT2D eigenvalue weighted by atomic mass is 9.80. The lowest BCUT2D eigenvalue weighted by Crippen LogP contribution is -2.43. The topological polar surface area (TPSA) is 46.9 Å². The molecule has 2 aromatic rings. The first-order valence-electron chi connectivity index (χ1n) is 9.53. The number of carbonyl (C=O) groups is 1. The van der Waals surface area contributed by atoms with Crippen LogP contribution >= 0.6 is 0 Å². The summed E-state index contributed by atoms with van der Waals surface area (Å²) in [5, 5.41) is 7.62. The fourth-order valence-corrected chi connectivity index (χ4v) is 4.33. The van der Waals surface area contributed by atoms with Gasteiger partial charge in [0.15, 0.2) is 0 Å². The van der Waals surface area contributed by atoms with E-state index in [1.807, 2.05) is 24.1 Å². The Labute approximate surface area is 149 Å². The van der Waals surface area contributed by atoms with Crippen molar-refractivity contribution in [3.63, 3.8) is 0 Å². The van der Waals surface area contributed by atoms with Gasteiger partial charge in [0.05, 0.1) is 6.20 Å². The number of amides is 1. The number of hydrogen-bond donors (Lipinski definition) is 1. The second-order valence-electron chi connectivity index (χ2n) is 7.75. The first kappa shape index (κ1) is 16.4. The minimum atomic E-state index is 0.142. The Balaban J connectivity index is 1.36. The summed E-state index contributed by atoms with van der Waals surface area (Å²) in [5.74, 6) is 1.32. The molecule has 1 heterocycles. The Kier molecular flexibility index (Phi) is 4.60. The third kappa shape index (κ3) is 3.78. The van der Waals surface area contributed by atoms with Crippen LogP contribution in [0.1, 0.15) is 49.1 Å². The number of nitrogens with one attached hydrogen (secondary N) is 1. The fraction of sp³-hybridized carbons (Fsp3) is 0.524. The molecule has 0 unspecified atom stereocenters. The zero-order chi connectivity index (χ0) is 17.2. The second-order valence-corrected chi connectivity index (χ2v) is 7.75. The lowest BCUT2D eigenvalue weighted by molar-refractivity contribution is -0.123. The summed E-state index contributed by atoms with van der Waals surface area (Å²) < 4.78 is 1.82. The number of rotatable bonds is 5. The van der Waals surface area contributed by atoms with Crippen molar-refractivity contribution in [3.05, 3.63) is 53.9 Å². The lowest BCUT2D eigenvalue weighted by Gasteiger charge is -2.32. The molecule has 4 rings (SSSR count). The summed E-state index contributed by atoms with van der Waals surface area (Å²) >= 11 is 0. The van der Waals surface area contributed by atoms with Crippen molar-refractivity contribution in [2.75, 3.05) is 0 Å². The summed E-state index contributed by atoms with van der Waals surface area (Å²) in [7, 11) is 1.93. The molecule has 4 nitrogen and oxygen atoms in total. The number of carbonyl (C=O) groups excluding carboxylic acids is 1. The maximum Gasteiger partial charge on any atom is 0.223 e. The van der Waals surface area contributed by atoms with Gasteiger partial charge in [-0.15, -0.1) is 0 Å². The van der Waals surface area contributed by atoms with E-state index in [0.717, 1.165) is 19.3 Å². The van der Waals surface area contributed by atoms with Crippen molar-refractivity contribution >= 4 is 5.91 Å². The molecular weight excluding hydrogens is 310 g/mol. The first-order valence-corrected chi connectivity index (χ1v) is 9.53. The highest BCUT2D eigenvalue weighted by atomic mass is 16.2. The third-order valence-electron chi connectivity index (χ3n) is 5.86. The van der Waals surface area contributed by atoms with E-state index in [1.54, 1.807) is 0 Å². The van der Waals surface area contributed by atoms with Gasteiger partial charge in [-0.3, -0.25) is 9.48 Å². The molecule has 4 atom stereocenters. The summed E-state index contributed by atoms with van der Waals surface area (Å²) in [6.07, 6.45) is 10.8. The molecule has 2 fully saturated rings. The maximum atomic E-state index is 12.7. The Morgan fingerprint density at radius 2 is 2.04 bits per heavy atom. The molecule has 132 valence electrons. The van der Waals surface area contributed by atoms with E-state index in [0.29, 0.717) is 17.9 Å². The first-order chi connectivity index (χ1) is 12.2. The van der Waals surface area contributed by atoms with E-state index in [4.69, 9.17) is 0 Å². The fourth-order valence-electron chi connectivity index (χ4n) is 4.33. The van der Waals surface area contributed by atoms with Crippen molar-refractivity contribution < 1.29 is 4.79 Å². The highest BCUT2D eigenvalue weighted by Crippen LogP contribution is 2.47. The van der Waals surface area contributed by atoms with Crippen LogP contribution in [0, 0.1) is 11.8 Å². The molecule has 2 aliphatic rings. The highest BCUT2D eigenvalue weighted by Gasteiger charge is 2.45. The minimum absolute atomic E-state index is 0.142. The van der Waals surface area contributed by atoms with Gasteiger partial charge in [0.25, 0.3) is 0 Å². The van der Waals surface area contributed by atoms with E-state index < -0.39 is 0 Å². The van der Waals surface area contributed by atoms with Crippen LogP contribution in [-0.4, -0.2) is 21.7 Å². The van der Waals surface area contributed by atoms with Crippen LogP contribution in [0.4, 0.5) is 0 Å². The van der Waals surface area contributed by atoms with E-state index >= 15 is 0 Å². The molecule has 1 aromatic heterocycles. The van der Waals surface area contributed by atoms with Crippen LogP contribution in [0.2, 0.25) is 0 Å². The second kappa shape index (κ2) is 7.03. The highest BCUT2D eigenvalue weighted by molar-refractivity contribution is 5.83. The van der Waals surface area contributed by atoms with Crippen molar-refractivity contribution in [2.24, 2.45) is 18.9 Å². The summed E-state index contributed by atoms with van der Waals surface area (Å²) in [4.78, 5) is 12.7. The smallest absolute Gasteiger partial charge is 0.223 e. The summed E-state index contributed by atoms with van der Waals surface area (Å²) in [5.41, 5.74) is 2.58. The van der Waals surface area contributed by atoms with Crippen molar-refractivity contribution in [1.29, 1.82) is 0 Å². The molecular formula is C21H27N3O. The van der Waals surface area contributed by atoms with Crippen molar-refractivity contribution in [3.8, 4) is 0 Å². The van der Waals surface area contributed by atoms with Gasteiger partial charge in [0, 0.05) is 25.2 Å². The summed E-state index contributed by atoms with van der Waals surface area (Å²) in [6.45, 7) is 0. The van der Waals surface area contributed by atoms with Gasteiger partial charge in [0.1, 0.15) is 0 Å². The predicted molar refractivity (Wildman–Crippen MR) is 98.1 cm³/mol. The SMILES string of the molecule is Cn1cc([C@@H]2C[C@@H]2C(=O)N[C@H]2CCCC[C@H]2Cc2ccccc2)cn1. The molecule has 0 aliphatic heterocycles. The van der Waals surface area contributed by atoms with Gasteiger partial charge in [-0.2, -0.15) is 5.10 Å². The number of benzene rings is 1. The van der Waals surface area contributed by atoms with Gasteiger partial charge in [0.2, 0.25) is 5.91 Å². The van der Waals surface area contributed by atoms with Crippen LogP contribution in [0.15, 0.2) is 42.7 Å². The number of aryl methyl sites for hydroxylation is 1. The molecule has 1 N–H and O–H groups in total. The maximum absolute atomic E-state index is 12.7. The largest absolute Gasteiger partial charge is 0.353 e. The van der Waals surface area contributed by atoms with Crippen LogP contribution < -0.4 is 5.32 Å². The van der Waals surface area contributed by atoms with E-state index in [-0.39, 0.29) is 11.8 Å². The van der Waals surface area contributed by atoms with E-state index in [2.05, 4.69) is 40.7 Å². The Morgan fingerprint density at radius 3 is 2.80 bits per heavy atom. The molecule has 1 amide bonds. The van der Waals surface area contributed by atoms with Gasteiger partial charge in [-0.1, -0.05) is 43.2 Å². The van der Waals surface area contributed by atoms with Gasteiger partial charge in [-0.05, 0) is 48.6 Å². The average Bonchev–Trinajstić information content (AvgIpc) is 3.32. The van der Waals surface area contributed by atoms with Gasteiger partial charge < -0.3 is 5.32 Å². The van der Waals surface area contributed by atoms with Crippen LogP contribution in [0.5, 0.6) is 0 Å². The molecule has 0 radical (unpaired) electrons. The number of aromatic nitrogens is 2. The van der Waals surface area contributed by atoms with Crippen LogP contribution in [0.25, 0.3) is 0 Å². The van der Waals surface area contributed by atoms with Crippen LogP contribution in [0.3, 0.4) is 0 Å². The van der Waals surface area contributed by atoms with Gasteiger partial charge >= 0.3 is 0 Å². The molecule has 1 aromatic carbocycles. The summed E-state index contributed by atoms with van der Waals surface area (Å²) in [6, 6.07) is 11.0. The molecule has 2 saturated carbocycles. The van der Waals surface area contributed by atoms with Gasteiger partial charge in [-0.25, -0.2) is 0 Å².